The van der Waals surface area contributed by atoms with E-state index in [-0.39, 0.29) is 29.5 Å². The van der Waals surface area contributed by atoms with Gasteiger partial charge in [0, 0.05) is 56.6 Å². The fourth-order valence-corrected chi connectivity index (χ4v) is 7.21. The SMILES string of the molecule is Cc1nn(C)cc1-c1nc2ncc(Cl)c(Oc3ccc(C(=O)N(C)[C@@H](C)C(=O)NC4(C)CCN(c5ccc([C@@H]6CCC(=O)NC6=O)cc5)CC4)cc3)c2[nH]1. The molecule has 280 valence electrons. The van der Waals surface area contributed by atoms with Crippen molar-refractivity contribution < 1.29 is 23.9 Å². The molecule has 0 spiro atoms. The zero-order valence-corrected chi connectivity index (χ0v) is 31.5. The standard InChI is InChI=1S/C39H42ClN9O5/c1-22-29(21-47(4)46-22)34-43-32-33(30(40)20-41-35(32)44-34)54-27-12-8-25(9-13-27)38(53)48(5)23(2)36(51)45-39(3)16-18-49(19-17-39)26-10-6-24(7-11-26)28-14-15-31(50)42-37(28)52/h6-13,20-21,23,28H,14-19H2,1-5H3,(H,45,51)(H,41,43,44)(H,42,50,52)/t23-,28-/m0/s1. The lowest BCUT2D eigenvalue weighted by molar-refractivity contribution is -0.134. The molecule has 3 aromatic heterocycles. The van der Waals surface area contributed by atoms with Crippen molar-refractivity contribution in [1.29, 1.82) is 0 Å². The van der Waals surface area contributed by atoms with Crippen LogP contribution in [0.1, 0.15) is 67.1 Å². The molecule has 2 saturated heterocycles. The van der Waals surface area contributed by atoms with Crippen molar-refractivity contribution >= 4 is 52.1 Å². The number of nitrogens with one attached hydrogen (secondary N) is 3. The molecule has 4 amide bonds. The number of aryl methyl sites for hydroxylation is 2. The first kappa shape index (κ1) is 36.6. The number of ether oxygens (including phenoxy) is 1. The van der Waals surface area contributed by atoms with E-state index in [1.54, 1.807) is 42.9 Å². The number of benzene rings is 2. The third-order valence-corrected chi connectivity index (χ3v) is 10.8. The number of anilines is 1. The molecule has 0 unspecified atom stereocenters. The Labute approximate surface area is 317 Å². The highest BCUT2D eigenvalue weighted by atomic mass is 35.5. The Hall–Kier alpha value is -5.76. The number of pyridine rings is 1. The normalized spacial score (nSPS) is 17.6. The van der Waals surface area contributed by atoms with Crippen molar-refractivity contribution in [3.8, 4) is 22.9 Å². The number of imide groups is 1. The highest BCUT2D eigenvalue weighted by molar-refractivity contribution is 6.32. The second-order valence-electron chi connectivity index (χ2n) is 14.4. The van der Waals surface area contributed by atoms with E-state index in [4.69, 9.17) is 16.3 Å². The van der Waals surface area contributed by atoms with Crippen LogP contribution in [0.15, 0.2) is 60.9 Å². The van der Waals surface area contributed by atoms with Crippen molar-refractivity contribution in [3.05, 3.63) is 82.8 Å². The van der Waals surface area contributed by atoms with Gasteiger partial charge in [-0.05, 0) is 82.0 Å². The first-order chi connectivity index (χ1) is 25.8. The van der Waals surface area contributed by atoms with Gasteiger partial charge in [-0.2, -0.15) is 5.10 Å². The summed E-state index contributed by atoms with van der Waals surface area (Å²) in [5, 5.41) is 10.3. The second kappa shape index (κ2) is 14.6. The smallest absolute Gasteiger partial charge is 0.254 e. The molecule has 2 fully saturated rings. The van der Waals surface area contributed by atoms with E-state index in [0.717, 1.165) is 48.4 Å². The molecule has 2 atom stereocenters. The fraction of sp³-hybridized carbons (Fsp3) is 0.359. The van der Waals surface area contributed by atoms with Crippen molar-refractivity contribution in [3.63, 3.8) is 0 Å². The Bertz CT molecular complexity index is 2240. The van der Waals surface area contributed by atoms with Crippen molar-refractivity contribution in [2.75, 3.05) is 25.0 Å². The van der Waals surface area contributed by atoms with E-state index in [2.05, 4.69) is 35.6 Å². The Balaban J connectivity index is 0.940. The van der Waals surface area contributed by atoms with Crippen LogP contribution in [-0.2, 0) is 21.4 Å². The molecule has 3 N–H and O–H groups in total. The van der Waals surface area contributed by atoms with Gasteiger partial charge in [-0.1, -0.05) is 23.7 Å². The van der Waals surface area contributed by atoms with Crippen LogP contribution in [0.4, 0.5) is 5.69 Å². The number of H-pyrrole nitrogens is 1. The summed E-state index contributed by atoms with van der Waals surface area (Å²) < 4.78 is 7.89. The van der Waals surface area contributed by atoms with Gasteiger partial charge >= 0.3 is 0 Å². The number of likely N-dealkylation sites (N-methyl/N-ethyl adjacent to an activating group) is 1. The lowest BCUT2D eigenvalue weighted by atomic mass is 9.88. The number of aromatic nitrogens is 5. The zero-order valence-electron chi connectivity index (χ0n) is 30.8. The maximum Gasteiger partial charge on any atom is 0.254 e. The first-order valence-corrected chi connectivity index (χ1v) is 18.3. The van der Waals surface area contributed by atoms with Gasteiger partial charge in [0.1, 0.15) is 28.2 Å². The molecule has 14 nitrogen and oxygen atoms in total. The van der Waals surface area contributed by atoms with Gasteiger partial charge in [-0.15, -0.1) is 0 Å². The number of hydrogen-bond acceptors (Lipinski definition) is 9. The summed E-state index contributed by atoms with van der Waals surface area (Å²) in [6.07, 6.45) is 5.64. The third kappa shape index (κ3) is 7.38. The van der Waals surface area contributed by atoms with Crippen molar-refractivity contribution in [2.45, 2.75) is 64.0 Å². The first-order valence-electron chi connectivity index (χ1n) is 17.9. The van der Waals surface area contributed by atoms with Crippen LogP contribution >= 0.6 is 11.6 Å². The average molecular weight is 752 g/mol. The summed E-state index contributed by atoms with van der Waals surface area (Å²) >= 11 is 6.51. The van der Waals surface area contributed by atoms with Crippen LogP contribution in [0.2, 0.25) is 5.02 Å². The molecule has 2 aliphatic heterocycles. The predicted octanol–water partition coefficient (Wildman–Crippen LogP) is 5.27. The Morgan fingerprint density at radius 1 is 1.09 bits per heavy atom. The lowest BCUT2D eigenvalue weighted by Crippen LogP contribution is -2.57. The average Bonchev–Trinajstić information content (AvgIpc) is 3.74. The monoisotopic (exact) mass is 751 g/mol. The van der Waals surface area contributed by atoms with E-state index in [1.807, 2.05) is 51.4 Å². The number of aromatic amines is 1. The Morgan fingerprint density at radius 3 is 2.44 bits per heavy atom. The van der Waals surface area contributed by atoms with Crippen LogP contribution in [-0.4, -0.2) is 85.0 Å². The number of halogens is 1. The van der Waals surface area contributed by atoms with E-state index in [1.165, 1.54) is 11.1 Å². The number of imidazole rings is 1. The van der Waals surface area contributed by atoms with Gasteiger partial charge in [-0.25, -0.2) is 9.97 Å². The molecule has 0 bridgehead atoms. The molecule has 2 aliphatic rings. The minimum Gasteiger partial charge on any atom is -0.453 e. The molecule has 5 heterocycles. The molecule has 5 aromatic rings. The van der Waals surface area contributed by atoms with Crippen molar-refractivity contribution in [1.82, 2.24) is 40.3 Å². The lowest BCUT2D eigenvalue weighted by Gasteiger charge is -2.42. The molecular weight excluding hydrogens is 710 g/mol. The van der Waals surface area contributed by atoms with Gasteiger partial charge in [0.05, 0.1) is 23.4 Å². The molecule has 7 rings (SSSR count). The molecule has 15 heteroatoms. The number of nitrogens with zero attached hydrogens (tertiary/aromatic N) is 6. The molecule has 54 heavy (non-hydrogen) atoms. The molecule has 2 aromatic carbocycles. The number of piperidine rings is 2. The summed E-state index contributed by atoms with van der Waals surface area (Å²) in [4.78, 5) is 66.7. The largest absolute Gasteiger partial charge is 0.453 e. The van der Waals surface area contributed by atoms with E-state index >= 15 is 0 Å². The maximum atomic E-state index is 13.5. The van der Waals surface area contributed by atoms with E-state index in [9.17, 15) is 19.2 Å². The van der Waals surface area contributed by atoms with Gasteiger partial charge in [0.2, 0.25) is 17.7 Å². The number of rotatable bonds is 9. The molecule has 0 aliphatic carbocycles. The predicted molar refractivity (Wildman–Crippen MR) is 203 cm³/mol. The number of carbonyl (C=O) groups excluding carboxylic acids is 4. The third-order valence-electron chi connectivity index (χ3n) is 10.5. The number of amides is 4. The quantitative estimate of drug-likeness (QED) is 0.170. The topological polar surface area (TPSA) is 167 Å². The summed E-state index contributed by atoms with van der Waals surface area (Å²) in [5.74, 6) is 0.0689. The summed E-state index contributed by atoms with van der Waals surface area (Å²) in [5.41, 5.74) is 4.50. The maximum absolute atomic E-state index is 13.5. The Kier molecular flexibility index (Phi) is 9.88. The van der Waals surface area contributed by atoms with Crippen LogP contribution in [0.25, 0.3) is 22.6 Å². The Morgan fingerprint density at radius 2 is 1.80 bits per heavy atom. The van der Waals surface area contributed by atoms with E-state index < -0.39 is 11.6 Å². The minimum absolute atomic E-state index is 0.224. The van der Waals surface area contributed by atoms with Gasteiger partial charge < -0.3 is 24.8 Å². The summed E-state index contributed by atoms with van der Waals surface area (Å²) in [6, 6.07) is 13.9. The fourth-order valence-electron chi connectivity index (χ4n) is 7.02. The van der Waals surface area contributed by atoms with Crippen LogP contribution in [0.5, 0.6) is 11.5 Å². The molecule has 0 radical (unpaired) electrons. The van der Waals surface area contributed by atoms with Crippen LogP contribution < -0.4 is 20.3 Å². The van der Waals surface area contributed by atoms with Crippen LogP contribution in [0.3, 0.4) is 0 Å². The number of hydrogen-bond donors (Lipinski definition) is 3. The number of fused-ring (bicyclic) bond motifs is 1. The summed E-state index contributed by atoms with van der Waals surface area (Å²) in [6.45, 7) is 7.11. The molecular formula is C39H42ClN9O5. The van der Waals surface area contributed by atoms with E-state index in [0.29, 0.717) is 51.9 Å². The van der Waals surface area contributed by atoms with Crippen molar-refractivity contribution in [2.24, 2.45) is 7.05 Å². The molecule has 0 saturated carbocycles. The minimum atomic E-state index is -0.718. The zero-order chi connectivity index (χ0) is 38.3. The van der Waals surface area contributed by atoms with Crippen LogP contribution in [0, 0.1) is 6.92 Å². The highest BCUT2D eigenvalue weighted by Gasteiger charge is 2.35. The summed E-state index contributed by atoms with van der Waals surface area (Å²) in [7, 11) is 3.46. The second-order valence-corrected chi connectivity index (χ2v) is 14.8. The van der Waals surface area contributed by atoms with Gasteiger partial charge in [0.25, 0.3) is 5.91 Å². The van der Waals surface area contributed by atoms with Gasteiger partial charge in [-0.3, -0.25) is 29.2 Å². The van der Waals surface area contributed by atoms with Gasteiger partial charge in [0.15, 0.2) is 11.4 Å². The number of carbonyl (C=O) groups is 4. The highest BCUT2D eigenvalue weighted by Crippen LogP contribution is 2.36.